The summed E-state index contributed by atoms with van der Waals surface area (Å²) in [5.41, 5.74) is -0.421. The van der Waals surface area contributed by atoms with Crippen LogP contribution in [0.15, 0.2) is 24.3 Å². The van der Waals surface area contributed by atoms with Gasteiger partial charge in [-0.25, -0.2) is 27.9 Å². The Bertz CT molecular complexity index is 1070. The molecule has 0 bridgehead atoms. The van der Waals surface area contributed by atoms with Crippen LogP contribution >= 0.6 is 0 Å². The van der Waals surface area contributed by atoms with Crippen LogP contribution in [0.5, 0.6) is 5.75 Å². The van der Waals surface area contributed by atoms with Crippen LogP contribution in [0.25, 0.3) is 11.0 Å². The first-order valence-corrected chi connectivity index (χ1v) is 8.76. The summed E-state index contributed by atoms with van der Waals surface area (Å²) in [4.78, 5) is 20.3. The number of benzene rings is 2. The van der Waals surface area contributed by atoms with Crippen LogP contribution in [-0.2, 0) is 11.3 Å². The molecule has 1 heterocycles. The van der Waals surface area contributed by atoms with Gasteiger partial charge in [0.2, 0.25) is 0 Å². The fourth-order valence-electron chi connectivity index (χ4n) is 2.71. The number of fused-ring (bicyclic) bond motifs is 1. The number of methoxy groups -OCH3 is 1. The smallest absolute Gasteiger partial charge is 0.360 e. The van der Waals surface area contributed by atoms with Crippen molar-refractivity contribution in [3.05, 3.63) is 58.5 Å². The Hall–Kier alpha value is -3.36. The monoisotopic (exact) mass is 405 g/mol. The molecule has 0 aliphatic heterocycles. The molecule has 1 aromatic heterocycles. The molecule has 0 spiro atoms. The summed E-state index contributed by atoms with van der Waals surface area (Å²) in [6, 6.07) is 7.06. The van der Waals surface area contributed by atoms with Crippen molar-refractivity contribution >= 4 is 22.8 Å². The van der Waals surface area contributed by atoms with Gasteiger partial charge >= 0.3 is 5.97 Å². The topological polar surface area (TPSA) is 73.3 Å². The van der Waals surface area contributed by atoms with Crippen molar-refractivity contribution in [2.24, 2.45) is 0 Å². The lowest BCUT2D eigenvalue weighted by molar-refractivity contribution is 0.0520. The highest BCUT2D eigenvalue weighted by molar-refractivity contribution is 5.95. The lowest BCUT2D eigenvalue weighted by atomic mass is 10.1. The molecule has 1 N–H and O–H groups in total. The molecule has 3 aromatic rings. The van der Waals surface area contributed by atoms with Crippen molar-refractivity contribution < 1.29 is 27.4 Å². The van der Waals surface area contributed by atoms with Crippen LogP contribution < -0.4 is 10.1 Å². The molecule has 0 unspecified atom stereocenters. The van der Waals surface area contributed by atoms with Gasteiger partial charge in [-0.05, 0) is 31.5 Å². The molecule has 0 fully saturated rings. The molecule has 0 saturated heterocycles. The average molecular weight is 405 g/mol. The number of rotatable bonds is 6. The number of anilines is 1. The van der Waals surface area contributed by atoms with Gasteiger partial charge in [-0.15, -0.1) is 0 Å². The third-order valence-corrected chi connectivity index (χ3v) is 4.26. The van der Waals surface area contributed by atoms with E-state index in [1.807, 2.05) is 0 Å². The van der Waals surface area contributed by atoms with E-state index in [0.29, 0.717) is 5.75 Å². The van der Waals surface area contributed by atoms with Crippen LogP contribution in [0.2, 0.25) is 0 Å². The predicted molar refractivity (Wildman–Crippen MR) is 100 cm³/mol. The number of halogens is 3. The van der Waals surface area contributed by atoms with Gasteiger partial charge in [0, 0.05) is 12.1 Å². The minimum absolute atomic E-state index is 0.0710. The molecule has 0 amide bonds. The first kappa shape index (κ1) is 20.4. The summed E-state index contributed by atoms with van der Waals surface area (Å²) in [6.45, 7) is 3.12. The number of aryl methyl sites for hydroxylation is 1. The van der Waals surface area contributed by atoms with E-state index >= 15 is 0 Å². The van der Waals surface area contributed by atoms with E-state index in [-0.39, 0.29) is 35.7 Å². The molecule has 9 heteroatoms. The first-order valence-electron chi connectivity index (χ1n) is 8.76. The molecule has 29 heavy (non-hydrogen) atoms. The minimum Gasteiger partial charge on any atom is -0.497 e. The summed E-state index contributed by atoms with van der Waals surface area (Å²) in [6.07, 6.45) is 0. The van der Waals surface area contributed by atoms with Gasteiger partial charge in [0.15, 0.2) is 29.0 Å². The molecule has 6 nitrogen and oxygen atoms in total. The summed E-state index contributed by atoms with van der Waals surface area (Å²) < 4.78 is 52.0. The van der Waals surface area contributed by atoms with E-state index in [1.165, 1.54) is 6.92 Å². The zero-order chi connectivity index (χ0) is 21.1. The van der Waals surface area contributed by atoms with Crippen LogP contribution in [-0.4, -0.2) is 29.7 Å². The SMILES string of the molecule is CCOC(=O)c1nc2c(C)c(F)c(F)c(F)c2nc1NCc1ccc(OC)cc1. The van der Waals surface area contributed by atoms with Crippen LogP contribution in [0.1, 0.15) is 28.5 Å². The minimum atomic E-state index is -1.64. The van der Waals surface area contributed by atoms with Crippen molar-refractivity contribution in [2.45, 2.75) is 20.4 Å². The van der Waals surface area contributed by atoms with E-state index in [4.69, 9.17) is 9.47 Å². The van der Waals surface area contributed by atoms with Crippen molar-refractivity contribution in [1.29, 1.82) is 0 Å². The summed E-state index contributed by atoms with van der Waals surface area (Å²) in [5, 5.41) is 2.88. The van der Waals surface area contributed by atoms with E-state index in [2.05, 4.69) is 15.3 Å². The van der Waals surface area contributed by atoms with Gasteiger partial charge in [-0.1, -0.05) is 12.1 Å². The number of esters is 1. The van der Waals surface area contributed by atoms with Crippen LogP contribution in [0, 0.1) is 24.4 Å². The van der Waals surface area contributed by atoms with Crippen LogP contribution in [0.4, 0.5) is 19.0 Å². The normalized spacial score (nSPS) is 10.8. The van der Waals surface area contributed by atoms with Gasteiger partial charge in [-0.3, -0.25) is 0 Å². The van der Waals surface area contributed by atoms with E-state index in [1.54, 1.807) is 38.3 Å². The number of carbonyl (C=O) groups is 1. The molecule has 3 rings (SSSR count). The maximum Gasteiger partial charge on any atom is 0.360 e. The zero-order valence-electron chi connectivity index (χ0n) is 16.0. The number of carbonyl (C=O) groups excluding carboxylic acids is 1. The second-order valence-corrected chi connectivity index (χ2v) is 6.11. The third-order valence-electron chi connectivity index (χ3n) is 4.26. The van der Waals surface area contributed by atoms with E-state index < -0.39 is 28.9 Å². The van der Waals surface area contributed by atoms with Crippen molar-refractivity contribution in [1.82, 2.24) is 9.97 Å². The fourth-order valence-corrected chi connectivity index (χ4v) is 2.71. The fraction of sp³-hybridized carbons (Fsp3) is 0.250. The number of nitrogens with one attached hydrogen (secondary N) is 1. The highest BCUT2D eigenvalue weighted by Gasteiger charge is 2.24. The molecular formula is C20H18F3N3O3. The number of aromatic nitrogens is 2. The molecule has 0 saturated carbocycles. The summed E-state index contributed by atoms with van der Waals surface area (Å²) >= 11 is 0. The Morgan fingerprint density at radius 2 is 1.72 bits per heavy atom. The van der Waals surface area contributed by atoms with Gasteiger partial charge in [0.05, 0.1) is 19.2 Å². The van der Waals surface area contributed by atoms with Crippen molar-refractivity contribution in [3.63, 3.8) is 0 Å². The van der Waals surface area contributed by atoms with E-state index in [0.717, 1.165) is 5.56 Å². The van der Waals surface area contributed by atoms with Gasteiger partial charge in [-0.2, -0.15) is 0 Å². The molecular weight excluding hydrogens is 387 g/mol. The number of nitrogens with zero attached hydrogens (tertiary/aromatic N) is 2. The summed E-state index contributed by atoms with van der Waals surface area (Å²) in [7, 11) is 1.54. The van der Waals surface area contributed by atoms with Crippen LogP contribution in [0.3, 0.4) is 0 Å². The Morgan fingerprint density at radius 3 is 2.34 bits per heavy atom. The Morgan fingerprint density at radius 1 is 1.03 bits per heavy atom. The Kier molecular flexibility index (Phi) is 5.86. The highest BCUT2D eigenvalue weighted by Crippen LogP contribution is 2.28. The number of hydrogen-bond acceptors (Lipinski definition) is 6. The van der Waals surface area contributed by atoms with Gasteiger partial charge in [0.1, 0.15) is 11.3 Å². The first-order chi connectivity index (χ1) is 13.9. The second kappa shape index (κ2) is 8.34. The average Bonchev–Trinajstić information content (AvgIpc) is 2.74. The molecule has 2 aromatic carbocycles. The third kappa shape index (κ3) is 3.94. The molecule has 0 aliphatic rings. The number of hydrogen-bond donors (Lipinski definition) is 1. The van der Waals surface area contributed by atoms with E-state index in [9.17, 15) is 18.0 Å². The van der Waals surface area contributed by atoms with Crippen molar-refractivity contribution in [3.8, 4) is 5.75 Å². The van der Waals surface area contributed by atoms with Gasteiger partial charge in [0.25, 0.3) is 0 Å². The van der Waals surface area contributed by atoms with Gasteiger partial charge < -0.3 is 14.8 Å². The maximum absolute atomic E-state index is 14.3. The second-order valence-electron chi connectivity index (χ2n) is 6.11. The molecule has 152 valence electrons. The largest absolute Gasteiger partial charge is 0.497 e. The predicted octanol–water partition coefficient (Wildman–Crippen LogP) is 4.15. The maximum atomic E-state index is 14.3. The zero-order valence-corrected chi connectivity index (χ0v) is 16.0. The van der Waals surface area contributed by atoms with Crippen molar-refractivity contribution in [2.75, 3.05) is 19.0 Å². The Balaban J connectivity index is 2.07. The molecule has 0 atom stereocenters. The molecule has 0 radical (unpaired) electrons. The quantitative estimate of drug-likeness (QED) is 0.491. The lowest BCUT2D eigenvalue weighted by Gasteiger charge is -2.13. The summed E-state index contributed by atoms with van der Waals surface area (Å²) in [5.74, 6) is -4.74. The highest BCUT2D eigenvalue weighted by atomic mass is 19.2. The lowest BCUT2D eigenvalue weighted by Crippen LogP contribution is -2.15. The standard InChI is InChI=1S/C20H18F3N3O3/c1-4-29-20(27)18-19(24-9-11-5-7-12(28-3)8-6-11)26-17-15(23)14(22)13(21)10(2)16(17)25-18/h5-8H,4,9H2,1-3H3,(H,24,26). The number of ether oxygens (including phenoxy) is 2. The Labute approximate surface area is 164 Å². The molecule has 0 aliphatic carbocycles.